The zero-order valence-electron chi connectivity index (χ0n) is 11.1. The highest BCUT2D eigenvalue weighted by atomic mass is 32.2. The molecule has 0 saturated heterocycles. The smallest absolute Gasteiger partial charge is 0.396 e. The van der Waals surface area contributed by atoms with Gasteiger partial charge in [0.05, 0.1) is 10.5 Å². The van der Waals surface area contributed by atoms with Gasteiger partial charge >= 0.3 is 6.18 Å². The van der Waals surface area contributed by atoms with Crippen LogP contribution in [-0.4, -0.2) is 26.2 Å². The highest BCUT2D eigenvalue weighted by Crippen LogP contribution is 2.31. The lowest BCUT2D eigenvalue weighted by molar-refractivity contribution is -0.137. The molecule has 1 aromatic carbocycles. The fraction of sp³-hybridized carbons (Fsp3) is 0.538. The van der Waals surface area contributed by atoms with Crippen LogP contribution in [0.2, 0.25) is 0 Å². The molecule has 1 saturated carbocycles. The number of hydrogen-bond donors (Lipinski definition) is 2. The van der Waals surface area contributed by atoms with E-state index in [0.29, 0.717) is 18.9 Å². The number of sulfonamides is 1. The Balaban J connectivity index is 2.24. The Labute approximate surface area is 121 Å². The third-order valence-electron chi connectivity index (χ3n) is 3.67. The van der Waals surface area contributed by atoms with Crippen LogP contribution in [0.25, 0.3) is 0 Å². The molecule has 0 spiro atoms. The van der Waals surface area contributed by atoms with Gasteiger partial charge in [-0.05, 0) is 37.0 Å². The van der Waals surface area contributed by atoms with Crippen molar-refractivity contribution >= 4 is 10.0 Å². The Hall–Kier alpha value is -1.12. The summed E-state index contributed by atoms with van der Waals surface area (Å²) in [7, 11) is -4.03. The van der Waals surface area contributed by atoms with Crippen LogP contribution in [-0.2, 0) is 16.2 Å². The molecule has 0 heterocycles. The molecule has 2 atom stereocenters. The third kappa shape index (κ3) is 3.75. The summed E-state index contributed by atoms with van der Waals surface area (Å²) in [5.74, 6) is -0.189. The molecule has 2 rings (SSSR count). The van der Waals surface area contributed by atoms with Crippen LogP contribution in [0.15, 0.2) is 29.2 Å². The van der Waals surface area contributed by atoms with Gasteiger partial charge in [-0.1, -0.05) is 12.5 Å². The predicted octanol–water partition coefficient (Wildman–Crippen LogP) is 2.14. The summed E-state index contributed by atoms with van der Waals surface area (Å²) in [5.41, 5.74) is -1.00. The standard InChI is InChI=1S/C13H16F3NO3S/c14-13(15,16)10-4-2-5-11(7-10)21(19,20)17-12-6-1-3-9(12)8-18/h2,4-5,7,9,12,17-18H,1,3,6,8H2. The highest BCUT2D eigenvalue weighted by molar-refractivity contribution is 7.89. The molecule has 0 amide bonds. The fourth-order valence-corrected chi connectivity index (χ4v) is 3.90. The zero-order chi connectivity index (χ0) is 15.7. The van der Waals surface area contributed by atoms with Gasteiger partial charge in [0.15, 0.2) is 0 Å². The van der Waals surface area contributed by atoms with Crippen LogP contribution in [0.5, 0.6) is 0 Å². The first-order chi connectivity index (χ1) is 9.74. The number of benzene rings is 1. The first-order valence-corrected chi connectivity index (χ1v) is 8.03. The van der Waals surface area contributed by atoms with E-state index in [0.717, 1.165) is 24.6 Å². The van der Waals surface area contributed by atoms with E-state index in [1.54, 1.807) is 0 Å². The molecule has 1 aromatic rings. The second-order valence-electron chi connectivity index (χ2n) is 5.13. The van der Waals surface area contributed by atoms with Crippen LogP contribution in [0.1, 0.15) is 24.8 Å². The summed E-state index contributed by atoms with van der Waals surface area (Å²) in [6.45, 7) is -0.143. The maximum absolute atomic E-state index is 12.6. The van der Waals surface area contributed by atoms with Gasteiger partial charge < -0.3 is 5.11 Å². The van der Waals surface area contributed by atoms with Gasteiger partial charge in [-0.25, -0.2) is 13.1 Å². The summed E-state index contributed by atoms with van der Waals surface area (Å²) >= 11 is 0. The Bertz CT molecular complexity index is 601. The number of aliphatic hydroxyl groups is 1. The summed E-state index contributed by atoms with van der Waals surface area (Å²) in [6.07, 6.45) is -2.54. The Morgan fingerprint density at radius 2 is 2.00 bits per heavy atom. The maximum atomic E-state index is 12.6. The summed E-state index contributed by atoms with van der Waals surface area (Å²) in [5, 5.41) is 9.17. The minimum absolute atomic E-state index is 0.143. The van der Waals surface area contributed by atoms with Gasteiger partial charge in [0.2, 0.25) is 10.0 Å². The van der Waals surface area contributed by atoms with Crippen molar-refractivity contribution in [2.75, 3.05) is 6.61 Å². The van der Waals surface area contributed by atoms with E-state index in [-0.39, 0.29) is 12.5 Å². The van der Waals surface area contributed by atoms with Crippen molar-refractivity contribution in [2.45, 2.75) is 36.4 Å². The second kappa shape index (κ2) is 5.94. The number of hydrogen-bond acceptors (Lipinski definition) is 3. The third-order valence-corrected chi connectivity index (χ3v) is 5.16. The molecular formula is C13H16F3NO3S. The maximum Gasteiger partial charge on any atom is 0.416 e. The van der Waals surface area contributed by atoms with Crippen molar-refractivity contribution in [3.8, 4) is 0 Å². The average Bonchev–Trinajstić information content (AvgIpc) is 2.84. The number of rotatable bonds is 4. The van der Waals surface area contributed by atoms with Crippen LogP contribution < -0.4 is 4.72 Å². The zero-order valence-corrected chi connectivity index (χ0v) is 11.9. The molecule has 1 aliphatic carbocycles. The number of alkyl halides is 3. The monoisotopic (exact) mass is 323 g/mol. The van der Waals surface area contributed by atoms with Crippen LogP contribution >= 0.6 is 0 Å². The molecule has 1 fully saturated rings. The summed E-state index contributed by atoms with van der Waals surface area (Å²) in [4.78, 5) is -0.416. The largest absolute Gasteiger partial charge is 0.416 e. The number of aliphatic hydroxyl groups excluding tert-OH is 1. The molecule has 1 aliphatic rings. The topological polar surface area (TPSA) is 66.4 Å². The van der Waals surface area contributed by atoms with Gasteiger partial charge in [0, 0.05) is 12.6 Å². The van der Waals surface area contributed by atoms with Crippen molar-refractivity contribution in [1.82, 2.24) is 4.72 Å². The van der Waals surface area contributed by atoms with Gasteiger partial charge in [-0.15, -0.1) is 0 Å². The fourth-order valence-electron chi connectivity index (χ4n) is 2.52. The average molecular weight is 323 g/mol. The molecule has 118 valence electrons. The lowest BCUT2D eigenvalue weighted by atomic mass is 10.1. The Morgan fingerprint density at radius 1 is 1.29 bits per heavy atom. The molecule has 2 N–H and O–H groups in total. The molecule has 2 unspecified atom stereocenters. The van der Waals surface area contributed by atoms with Crippen molar-refractivity contribution in [3.63, 3.8) is 0 Å². The SMILES string of the molecule is O=S(=O)(NC1CCCC1CO)c1cccc(C(F)(F)F)c1. The van der Waals surface area contributed by atoms with E-state index in [9.17, 15) is 26.7 Å². The van der Waals surface area contributed by atoms with Crippen LogP contribution in [0.3, 0.4) is 0 Å². The first kappa shape index (κ1) is 16.3. The first-order valence-electron chi connectivity index (χ1n) is 6.54. The molecule has 0 aliphatic heterocycles. The molecule has 0 bridgehead atoms. The Morgan fingerprint density at radius 3 is 2.62 bits per heavy atom. The molecule has 4 nitrogen and oxygen atoms in total. The molecule has 8 heteroatoms. The number of nitrogens with one attached hydrogen (secondary N) is 1. The van der Waals surface area contributed by atoms with E-state index in [2.05, 4.69) is 4.72 Å². The highest BCUT2D eigenvalue weighted by Gasteiger charge is 2.34. The molecule has 0 radical (unpaired) electrons. The molecular weight excluding hydrogens is 307 g/mol. The summed E-state index contributed by atoms with van der Waals surface area (Å²) < 4.78 is 64.6. The van der Waals surface area contributed by atoms with E-state index in [4.69, 9.17) is 0 Å². The number of halogens is 3. The minimum atomic E-state index is -4.59. The van der Waals surface area contributed by atoms with Gasteiger partial charge in [-0.3, -0.25) is 0 Å². The quantitative estimate of drug-likeness (QED) is 0.892. The summed E-state index contributed by atoms with van der Waals surface area (Å²) in [6, 6.07) is 3.20. The predicted molar refractivity (Wildman–Crippen MR) is 70.0 cm³/mol. The lowest BCUT2D eigenvalue weighted by Crippen LogP contribution is -2.38. The van der Waals surface area contributed by atoms with E-state index in [1.165, 1.54) is 0 Å². The van der Waals surface area contributed by atoms with E-state index in [1.807, 2.05) is 0 Å². The van der Waals surface area contributed by atoms with Crippen LogP contribution in [0, 0.1) is 5.92 Å². The normalized spacial score (nSPS) is 23.4. The van der Waals surface area contributed by atoms with Crippen LogP contribution in [0.4, 0.5) is 13.2 Å². The van der Waals surface area contributed by atoms with Gasteiger partial charge in [-0.2, -0.15) is 13.2 Å². The van der Waals surface area contributed by atoms with E-state index < -0.39 is 32.7 Å². The minimum Gasteiger partial charge on any atom is -0.396 e. The molecule has 21 heavy (non-hydrogen) atoms. The van der Waals surface area contributed by atoms with Crippen molar-refractivity contribution in [2.24, 2.45) is 5.92 Å². The van der Waals surface area contributed by atoms with Gasteiger partial charge in [0.25, 0.3) is 0 Å². The molecule has 0 aromatic heterocycles. The van der Waals surface area contributed by atoms with Crippen molar-refractivity contribution < 1.29 is 26.7 Å². The Kier molecular flexibility index (Phi) is 4.60. The second-order valence-corrected chi connectivity index (χ2v) is 6.84. The van der Waals surface area contributed by atoms with Crippen molar-refractivity contribution in [3.05, 3.63) is 29.8 Å². The van der Waals surface area contributed by atoms with Gasteiger partial charge in [0.1, 0.15) is 0 Å². The lowest BCUT2D eigenvalue weighted by Gasteiger charge is -2.19. The van der Waals surface area contributed by atoms with Crippen molar-refractivity contribution in [1.29, 1.82) is 0 Å². The van der Waals surface area contributed by atoms with E-state index >= 15 is 0 Å².